The van der Waals surface area contributed by atoms with E-state index < -0.39 is 0 Å². The van der Waals surface area contributed by atoms with Crippen LogP contribution in [0.25, 0.3) is 28.0 Å². The Kier molecular flexibility index (Phi) is 6.07. The lowest BCUT2D eigenvalue weighted by Gasteiger charge is -2.38. The van der Waals surface area contributed by atoms with Crippen LogP contribution in [0.1, 0.15) is 71.0 Å². The van der Waals surface area contributed by atoms with Gasteiger partial charge in [-0.3, -0.25) is 14.6 Å². The minimum absolute atomic E-state index is 0.00157. The van der Waals surface area contributed by atoms with Gasteiger partial charge in [-0.2, -0.15) is 9.61 Å². The molecule has 3 atom stereocenters. The van der Waals surface area contributed by atoms with Gasteiger partial charge in [0.15, 0.2) is 11.4 Å². The Morgan fingerprint density at radius 2 is 1.71 bits per heavy atom. The number of nitrogens with zero attached hydrogens (tertiary/aromatic N) is 7. The summed E-state index contributed by atoms with van der Waals surface area (Å²) in [5.41, 5.74) is 11.2. The Morgan fingerprint density at radius 3 is 2.33 bits per heavy atom. The Morgan fingerprint density at radius 1 is 1.00 bits per heavy atom. The predicted molar refractivity (Wildman–Crippen MR) is 152 cm³/mol. The number of nitrogens with one attached hydrogen (secondary N) is 1. The summed E-state index contributed by atoms with van der Waals surface area (Å²) < 4.78 is 14.9. The van der Waals surface area contributed by atoms with E-state index >= 15 is 0 Å². The summed E-state index contributed by atoms with van der Waals surface area (Å²) in [6.07, 6.45) is 6.46. The van der Waals surface area contributed by atoms with E-state index in [1.54, 1.807) is 31.5 Å². The van der Waals surface area contributed by atoms with Crippen molar-refractivity contribution in [1.29, 1.82) is 0 Å². The van der Waals surface area contributed by atoms with Gasteiger partial charge in [0.05, 0.1) is 23.1 Å². The van der Waals surface area contributed by atoms with Crippen LogP contribution in [-0.4, -0.2) is 63.4 Å². The molecule has 2 saturated heterocycles. The molecule has 7 rings (SSSR count). The monoisotopic (exact) mass is 565 g/mol. The number of nitrogen functional groups attached to an aromatic ring is 1. The first-order valence-corrected chi connectivity index (χ1v) is 13.9. The molecule has 2 bridgehead atoms. The molecule has 3 N–H and O–H groups in total. The number of aromatic amines is 1. The van der Waals surface area contributed by atoms with E-state index in [2.05, 4.69) is 25.3 Å². The number of piperidine rings is 1. The smallest absolute Gasteiger partial charge is 0.292 e. The summed E-state index contributed by atoms with van der Waals surface area (Å²) in [4.78, 5) is 40.7. The second-order valence-corrected chi connectivity index (χ2v) is 11.1. The van der Waals surface area contributed by atoms with Gasteiger partial charge in [0.2, 0.25) is 5.82 Å². The zero-order chi connectivity index (χ0) is 29.1. The Bertz CT molecular complexity index is 1830. The van der Waals surface area contributed by atoms with Gasteiger partial charge in [-0.1, -0.05) is 6.07 Å². The minimum Gasteiger partial charge on any atom is -0.383 e. The van der Waals surface area contributed by atoms with Gasteiger partial charge in [0.1, 0.15) is 17.5 Å². The molecular formula is C30H28FN9O2. The fraction of sp³-hybridized carbons (Fsp3) is 0.300. The summed E-state index contributed by atoms with van der Waals surface area (Å²) in [5, 5.41) is 12.4. The molecular weight excluding hydrogens is 537 g/mol. The number of ketones is 1. The SMILES string of the molecule is CC(=O)c1c([C@@H]2C[C@H]3CC[C@@H](C2)N3C(=O)c2nnc(C)[nH]2)nc2c(-c3ccc(-c4ccc(F)cc4)nc3)cnn2c1N. The number of aryl methyl sites for hydroxylation is 1. The molecule has 2 aliphatic rings. The maximum atomic E-state index is 13.4. The van der Waals surface area contributed by atoms with Crippen LogP contribution in [0, 0.1) is 12.7 Å². The largest absolute Gasteiger partial charge is 0.383 e. The van der Waals surface area contributed by atoms with Crippen molar-refractivity contribution < 1.29 is 14.0 Å². The van der Waals surface area contributed by atoms with E-state index in [9.17, 15) is 14.0 Å². The molecule has 212 valence electrons. The number of fused-ring (bicyclic) bond motifs is 3. The molecule has 0 saturated carbocycles. The molecule has 2 aliphatic heterocycles. The number of carbonyl (C=O) groups is 2. The normalized spacial score (nSPS) is 19.9. The number of anilines is 1. The van der Waals surface area contributed by atoms with Crippen LogP contribution in [0.2, 0.25) is 0 Å². The highest BCUT2D eigenvalue weighted by Gasteiger charge is 2.46. The van der Waals surface area contributed by atoms with Crippen molar-refractivity contribution in [2.75, 3.05) is 5.73 Å². The van der Waals surface area contributed by atoms with Gasteiger partial charge in [-0.25, -0.2) is 9.37 Å². The standard InChI is InChI=1S/C30H28FN9O2/c1-15(41)25-26(19-11-21-8-9-22(12-19)39(21)30(42)28-35-16(2)37-38-28)36-29-23(14-34-40(29)27(25)32)18-5-10-24(33-13-18)17-3-6-20(31)7-4-17/h3-7,10,13-14,19,21-22H,8-9,11-12,32H2,1-2H3,(H,35,37,38)/t19-,21-,22+. The van der Waals surface area contributed by atoms with Crippen LogP contribution in [0.5, 0.6) is 0 Å². The van der Waals surface area contributed by atoms with E-state index in [4.69, 9.17) is 10.7 Å². The summed E-state index contributed by atoms with van der Waals surface area (Å²) in [5.74, 6) is 0.397. The van der Waals surface area contributed by atoms with E-state index in [1.807, 2.05) is 17.0 Å². The van der Waals surface area contributed by atoms with Crippen molar-refractivity contribution in [3.63, 3.8) is 0 Å². The molecule has 5 aromatic rings. The average molecular weight is 566 g/mol. The van der Waals surface area contributed by atoms with Crippen LogP contribution < -0.4 is 5.73 Å². The number of nitrogens with two attached hydrogens (primary N) is 1. The number of Topliss-reactive ketones (excluding diaryl/α,β-unsaturated/α-hetero) is 1. The molecule has 0 unspecified atom stereocenters. The third-order valence-corrected chi connectivity index (χ3v) is 8.43. The predicted octanol–water partition coefficient (Wildman–Crippen LogP) is 4.36. The third kappa shape index (κ3) is 4.21. The van der Waals surface area contributed by atoms with E-state index in [1.165, 1.54) is 23.6 Å². The van der Waals surface area contributed by atoms with Crippen LogP contribution >= 0.6 is 0 Å². The first-order chi connectivity index (χ1) is 20.3. The van der Waals surface area contributed by atoms with Crippen molar-refractivity contribution >= 4 is 23.2 Å². The molecule has 0 aliphatic carbocycles. The molecule has 11 nitrogen and oxygen atoms in total. The fourth-order valence-corrected chi connectivity index (χ4v) is 6.53. The maximum Gasteiger partial charge on any atom is 0.292 e. The number of aromatic nitrogens is 7. The molecule has 2 fully saturated rings. The lowest BCUT2D eigenvalue weighted by molar-refractivity contribution is 0.0556. The van der Waals surface area contributed by atoms with Crippen LogP contribution in [0.4, 0.5) is 10.2 Å². The second kappa shape index (κ2) is 9.82. The summed E-state index contributed by atoms with van der Waals surface area (Å²) >= 11 is 0. The number of amides is 1. The molecule has 1 amide bonds. The van der Waals surface area contributed by atoms with Crippen molar-refractivity contribution in [3.8, 4) is 22.4 Å². The lowest BCUT2D eigenvalue weighted by Crippen LogP contribution is -2.46. The summed E-state index contributed by atoms with van der Waals surface area (Å²) in [6, 6.07) is 9.94. The number of pyridine rings is 1. The number of halogens is 1. The zero-order valence-electron chi connectivity index (χ0n) is 23.1. The van der Waals surface area contributed by atoms with Crippen LogP contribution in [0.15, 0.2) is 48.8 Å². The first kappa shape index (κ1) is 25.9. The van der Waals surface area contributed by atoms with Gasteiger partial charge < -0.3 is 15.6 Å². The van der Waals surface area contributed by atoms with Gasteiger partial charge in [0.25, 0.3) is 5.91 Å². The average Bonchev–Trinajstić information content (AvgIpc) is 3.68. The Hall–Kier alpha value is -5.00. The van der Waals surface area contributed by atoms with Gasteiger partial charge >= 0.3 is 0 Å². The summed E-state index contributed by atoms with van der Waals surface area (Å²) in [7, 11) is 0. The highest BCUT2D eigenvalue weighted by atomic mass is 19.1. The topological polar surface area (TPSA) is 148 Å². The number of hydrogen-bond acceptors (Lipinski definition) is 8. The molecule has 1 aromatic carbocycles. The van der Waals surface area contributed by atoms with Crippen molar-refractivity contribution in [2.24, 2.45) is 0 Å². The Labute approximate surface area is 240 Å². The van der Waals surface area contributed by atoms with Gasteiger partial charge in [-0.05, 0) is 69.9 Å². The van der Waals surface area contributed by atoms with E-state index in [0.29, 0.717) is 41.3 Å². The number of carbonyl (C=O) groups excluding carboxylic acids is 2. The molecule has 4 aromatic heterocycles. The quantitative estimate of drug-likeness (QED) is 0.299. The molecule has 0 radical (unpaired) electrons. The number of rotatable bonds is 5. The summed E-state index contributed by atoms with van der Waals surface area (Å²) in [6.45, 7) is 3.26. The number of H-pyrrole nitrogens is 1. The lowest BCUT2D eigenvalue weighted by atomic mass is 9.85. The first-order valence-electron chi connectivity index (χ1n) is 13.9. The highest BCUT2D eigenvalue weighted by Crippen LogP contribution is 2.45. The Balaban J connectivity index is 1.24. The zero-order valence-corrected chi connectivity index (χ0v) is 23.1. The second-order valence-electron chi connectivity index (χ2n) is 11.1. The van der Waals surface area contributed by atoms with Crippen LogP contribution in [-0.2, 0) is 0 Å². The molecule has 42 heavy (non-hydrogen) atoms. The van der Waals surface area contributed by atoms with E-state index in [0.717, 1.165) is 29.5 Å². The highest BCUT2D eigenvalue weighted by molar-refractivity contribution is 6.00. The van der Waals surface area contributed by atoms with Crippen molar-refractivity contribution in [3.05, 3.63) is 77.5 Å². The maximum absolute atomic E-state index is 13.4. The van der Waals surface area contributed by atoms with Crippen LogP contribution in [0.3, 0.4) is 0 Å². The third-order valence-electron chi connectivity index (χ3n) is 8.43. The molecule has 12 heteroatoms. The molecule has 6 heterocycles. The number of hydrogen-bond donors (Lipinski definition) is 2. The number of benzene rings is 1. The van der Waals surface area contributed by atoms with Gasteiger partial charge in [-0.15, -0.1) is 10.2 Å². The van der Waals surface area contributed by atoms with Gasteiger partial charge in [0, 0.05) is 40.9 Å². The fourth-order valence-electron chi connectivity index (χ4n) is 6.53. The van der Waals surface area contributed by atoms with E-state index in [-0.39, 0.29) is 47.2 Å². The molecule has 0 spiro atoms. The van der Waals surface area contributed by atoms with Crippen molar-refractivity contribution in [1.82, 2.24) is 39.7 Å². The van der Waals surface area contributed by atoms with Crippen molar-refractivity contribution in [2.45, 2.75) is 57.5 Å². The minimum atomic E-state index is -0.304.